The molecule has 0 saturated heterocycles. The molecule has 0 spiro atoms. The van der Waals surface area contributed by atoms with Gasteiger partial charge < -0.3 is 9.16 Å². The molecule has 0 N–H and O–H groups in total. The summed E-state index contributed by atoms with van der Waals surface area (Å²) in [4.78, 5) is 0. The Hall–Kier alpha value is -0.123. The van der Waals surface area contributed by atoms with Crippen LogP contribution in [0.3, 0.4) is 0 Å². The molecule has 0 fully saturated rings. The van der Waals surface area contributed by atoms with Gasteiger partial charge in [-0.1, -0.05) is 5.70 Å². The monoisotopic (exact) mass is 160 g/mol. The largest absolute Gasteiger partial charge is 0.412 e. The summed E-state index contributed by atoms with van der Waals surface area (Å²) in [6.07, 6.45) is 0. The first-order valence-electron chi connectivity index (χ1n) is 3.36. The third-order valence-corrected chi connectivity index (χ3v) is 2.27. The maximum Gasteiger partial charge on any atom is 0.185 e. The zero-order chi connectivity index (χ0) is 8.04. The SMILES string of the molecule is C=C[SiH2]OC(C)(C)COC. The molecule has 0 heterocycles. The lowest BCUT2D eigenvalue weighted by Crippen LogP contribution is -2.31. The van der Waals surface area contributed by atoms with Crippen LogP contribution in [0.2, 0.25) is 0 Å². The average molecular weight is 160 g/mol. The standard InChI is InChI=1S/C7H16O2Si/c1-5-10-9-7(2,3)6-8-4/h5H,1,6,10H2,2-4H3. The Kier molecular flexibility index (Phi) is 4.60. The first-order valence-corrected chi connectivity index (χ1v) is 4.75. The van der Waals surface area contributed by atoms with Crippen LogP contribution in [0.15, 0.2) is 12.3 Å². The molecule has 0 unspecified atom stereocenters. The molecular weight excluding hydrogens is 144 g/mol. The quantitative estimate of drug-likeness (QED) is 0.550. The molecule has 0 saturated carbocycles. The van der Waals surface area contributed by atoms with Crippen LogP contribution >= 0.6 is 0 Å². The second-order valence-electron chi connectivity index (χ2n) is 2.79. The van der Waals surface area contributed by atoms with Gasteiger partial charge in [-0.25, -0.2) is 0 Å². The van der Waals surface area contributed by atoms with Crippen LogP contribution in [-0.2, 0) is 9.16 Å². The average Bonchev–Trinajstić information content (AvgIpc) is 1.84. The van der Waals surface area contributed by atoms with E-state index in [2.05, 4.69) is 6.58 Å². The van der Waals surface area contributed by atoms with Gasteiger partial charge in [0.15, 0.2) is 9.76 Å². The lowest BCUT2D eigenvalue weighted by molar-refractivity contribution is 0.0216. The summed E-state index contributed by atoms with van der Waals surface area (Å²) in [6.45, 7) is 8.31. The molecule has 0 aromatic rings. The van der Waals surface area contributed by atoms with Crippen LogP contribution in [0.1, 0.15) is 13.8 Å². The molecule has 0 aromatic heterocycles. The minimum absolute atomic E-state index is 0.130. The van der Waals surface area contributed by atoms with Gasteiger partial charge in [0.1, 0.15) is 0 Å². The fraction of sp³-hybridized carbons (Fsp3) is 0.714. The van der Waals surface area contributed by atoms with Gasteiger partial charge in [0.05, 0.1) is 12.2 Å². The highest BCUT2D eigenvalue weighted by Gasteiger charge is 2.15. The van der Waals surface area contributed by atoms with Gasteiger partial charge in [0.25, 0.3) is 0 Å². The first-order chi connectivity index (χ1) is 4.62. The number of ether oxygens (including phenoxy) is 1. The lowest BCUT2D eigenvalue weighted by Gasteiger charge is -2.23. The Bertz CT molecular complexity index is 102. The van der Waals surface area contributed by atoms with Gasteiger partial charge >= 0.3 is 0 Å². The van der Waals surface area contributed by atoms with Crippen molar-refractivity contribution in [2.24, 2.45) is 0 Å². The third kappa shape index (κ3) is 4.73. The summed E-state index contributed by atoms with van der Waals surface area (Å²) in [5.41, 5.74) is 1.74. The third-order valence-electron chi connectivity index (χ3n) is 1.08. The van der Waals surface area contributed by atoms with Crippen LogP contribution in [0.4, 0.5) is 0 Å². The van der Waals surface area contributed by atoms with Crippen molar-refractivity contribution in [1.82, 2.24) is 0 Å². The minimum atomic E-state index is -0.519. The van der Waals surface area contributed by atoms with E-state index in [1.54, 1.807) is 7.11 Å². The maximum atomic E-state index is 5.51. The Balaban J connectivity index is 3.51. The predicted molar refractivity (Wildman–Crippen MR) is 45.8 cm³/mol. The summed E-state index contributed by atoms with van der Waals surface area (Å²) in [5.74, 6) is 0. The Morgan fingerprint density at radius 3 is 2.60 bits per heavy atom. The smallest absolute Gasteiger partial charge is 0.185 e. The van der Waals surface area contributed by atoms with E-state index in [1.807, 2.05) is 19.5 Å². The number of rotatable bonds is 5. The Morgan fingerprint density at radius 2 is 2.20 bits per heavy atom. The first kappa shape index (κ1) is 9.88. The molecule has 0 radical (unpaired) electrons. The number of hydrogen-bond acceptors (Lipinski definition) is 2. The summed E-state index contributed by atoms with van der Waals surface area (Å²) < 4.78 is 10.5. The van der Waals surface area contributed by atoms with Crippen molar-refractivity contribution in [3.05, 3.63) is 12.3 Å². The van der Waals surface area contributed by atoms with Gasteiger partial charge in [0, 0.05) is 7.11 Å². The summed E-state index contributed by atoms with van der Waals surface area (Å²) in [7, 11) is 1.16. The molecule has 0 amide bonds. The van der Waals surface area contributed by atoms with Crippen LogP contribution in [0.25, 0.3) is 0 Å². The Labute approximate surface area is 65.2 Å². The van der Waals surface area contributed by atoms with E-state index in [9.17, 15) is 0 Å². The maximum absolute atomic E-state index is 5.51. The van der Waals surface area contributed by atoms with Crippen LogP contribution in [0.5, 0.6) is 0 Å². The second kappa shape index (κ2) is 4.66. The number of hydrogen-bond donors (Lipinski definition) is 0. The van der Waals surface area contributed by atoms with E-state index in [0.29, 0.717) is 6.61 Å². The Morgan fingerprint density at radius 1 is 1.60 bits per heavy atom. The molecule has 3 heteroatoms. The van der Waals surface area contributed by atoms with E-state index >= 15 is 0 Å². The van der Waals surface area contributed by atoms with Gasteiger partial charge in [0.2, 0.25) is 0 Å². The molecule has 60 valence electrons. The lowest BCUT2D eigenvalue weighted by atomic mass is 10.2. The topological polar surface area (TPSA) is 18.5 Å². The second-order valence-corrected chi connectivity index (χ2v) is 3.99. The molecule has 0 atom stereocenters. The van der Waals surface area contributed by atoms with E-state index < -0.39 is 9.76 Å². The van der Waals surface area contributed by atoms with Gasteiger partial charge in [-0.15, -0.1) is 6.58 Å². The van der Waals surface area contributed by atoms with Crippen molar-refractivity contribution >= 4 is 9.76 Å². The molecule has 0 aliphatic heterocycles. The van der Waals surface area contributed by atoms with Crippen molar-refractivity contribution in [3.8, 4) is 0 Å². The van der Waals surface area contributed by atoms with E-state index in [-0.39, 0.29) is 5.60 Å². The van der Waals surface area contributed by atoms with E-state index in [4.69, 9.17) is 9.16 Å². The molecule has 10 heavy (non-hydrogen) atoms. The normalized spacial score (nSPS) is 12.7. The molecular formula is C7H16O2Si. The van der Waals surface area contributed by atoms with Crippen LogP contribution < -0.4 is 0 Å². The summed E-state index contributed by atoms with van der Waals surface area (Å²) >= 11 is 0. The van der Waals surface area contributed by atoms with Crippen molar-refractivity contribution in [2.75, 3.05) is 13.7 Å². The highest BCUT2D eigenvalue weighted by atomic mass is 28.2. The molecule has 0 aliphatic rings. The van der Waals surface area contributed by atoms with E-state index in [1.165, 1.54) is 0 Å². The van der Waals surface area contributed by atoms with Gasteiger partial charge in [-0.3, -0.25) is 0 Å². The van der Waals surface area contributed by atoms with Crippen molar-refractivity contribution in [2.45, 2.75) is 19.4 Å². The number of methoxy groups -OCH3 is 1. The zero-order valence-corrected chi connectivity index (χ0v) is 8.43. The van der Waals surface area contributed by atoms with Crippen LogP contribution in [-0.4, -0.2) is 29.1 Å². The zero-order valence-electron chi connectivity index (χ0n) is 7.02. The highest BCUT2D eigenvalue weighted by molar-refractivity contribution is 6.34. The van der Waals surface area contributed by atoms with Crippen molar-refractivity contribution < 1.29 is 9.16 Å². The van der Waals surface area contributed by atoms with Gasteiger partial charge in [-0.2, -0.15) is 0 Å². The fourth-order valence-electron chi connectivity index (χ4n) is 0.674. The summed E-state index contributed by atoms with van der Waals surface area (Å²) in [6, 6.07) is 0. The molecule has 0 bridgehead atoms. The van der Waals surface area contributed by atoms with Crippen LogP contribution in [0, 0.1) is 0 Å². The van der Waals surface area contributed by atoms with E-state index in [0.717, 1.165) is 0 Å². The predicted octanol–water partition coefficient (Wildman–Crippen LogP) is 0.655. The highest BCUT2D eigenvalue weighted by Crippen LogP contribution is 2.07. The molecule has 2 nitrogen and oxygen atoms in total. The van der Waals surface area contributed by atoms with Crippen molar-refractivity contribution in [1.29, 1.82) is 0 Å². The van der Waals surface area contributed by atoms with Gasteiger partial charge in [-0.05, 0) is 13.8 Å². The minimum Gasteiger partial charge on any atom is -0.412 e. The molecule has 0 aliphatic carbocycles. The molecule has 0 aromatic carbocycles. The van der Waals surface area contributed by atoms with Crippen molar-refractivity contribution in [3.63, 3.8) is 0 Å². The molecule has 0 rings (SSSR count). The summed E-state index contributed by atoms with van der Waals surface area (Å²) in [5, 5.41) is 0. The fourth-order valence-corrected chi connectivity index (χ4v) is 1.33.